The Balaban J connectivity index is 1.20. The maximum absolute atomic E-state index is 6.21. The zero-order valence-corrected chi connectivity index (χ0v) is 23.7. The van der Waals surface area contributed by atoms with Gasteiger partial charge in [-0.05, 0) is 127 Å². The molecule has 0 N–H and O–H groups in total. The summed E-state index contributed by atoms with van der Waals surface area (Å²) in [6, 6.07) is 42.7. The number of anilines is 3. The molecule has 11 rings (SSSR count). The Kier molecular flexibility index (Phi) is 4.65. The third kappa shape index (κ3) is 3.00. The predicted molar refractivity (Wildman–Crippen MR) is 172 cm³/mol. The van der Waals surface area contributed by atoms with Gasteiger partial charge < -0.3 is 9.32 Å². The molecule has 4 bridgehead atoms. The van der Waals surface area contributed by atoms with E-state index in [-0.39, 0.29) is 5.41 Å². The fourth-order valence-corrected chi connectivity index (χ4v) is 10.2. The van der Waals surface area contributed by atoms with Crippen LogP contribution in [0, 0.1) is 23.7 Å². The molecule has 0 saturated heterocycles. The Labute approximate surface area is 246 Å². The SMILES string of the molecule is c1ccc(N(c2ccc3c(c2)C2(c4ccccc4-3)C3CC4CC(C3)CC2C4)c2ccc3oc4ccccc4c3c2)cc1. The summed E-state index contributed by atoms with van der Waals surface area (Å²) in [7, 11) is 0. The summed E-state index contributed by atoms with van der Waals surface area (Å²) >= 11 is 0. The lowest BCUT2D eigenvalue weighted by Gasteiger charge is -2.61. The van der Waals surface area contributed by atoms with Crippen molar-refractivity contribution in [1.29, 1.82) is 0 Å². The summed E-state index contributed by atoms with van der Waals surface area (Å²) < 4.78 is 6.21. The highest BCUT2D eigenvalue weighted by atomic mass is 16.3. The van der Waals surface area contributed by atoms with Gasteiger partial charge >= 0.3 is 0 Å². The van der Waals surface area contributed by atoms with Crippen LogP contribution >= 0.6 is 0 Å². The first-order valence-corrected chi connectivity index (χ1v) is 15.8. The highest BCUT2D eigenvalue weighted by Crippen LogP contribution is 2.69. The number of nitrogens with zero attached hydrogens (tertiary/aromatic N) is 1. The smallest absolute Gasteiger partial charge is 0.135 e. The molecule has 2 heteroatoms. The van der Waals surface area contributed by atoms with Gasteiger partial charge in [-0.2, -0.15) is 0 Å². The number of para-hydroxylation sites is 2. The van der Waals surface area contributed by atoms with Crippen molar-refractivity contribution in [3.05, 3.63) is 126 Å². The Bertz CT molecular complexity index is 1990. The molecule has 5 aliphatic carbocycles. The van der Waals surface area contributed by atoms with Gasteiger partial charge in [0.05, 0.1) is 0 Å². The second-order valence-electron chi connectivity index (χ2n) is 13.4. The molecule has 5 aromatic carbocycles. The van der Waals surface area contributed by atoms with Crippen molar-refractivity contribution in [2.75, 3.05) is 4.90 Å². The van der Waals surface area contributed by atoms with E-state index in [1.54, 1.807) is 11.1 Å². The van der Waals surface area contributed by atoms with E-state index in [2.05, 4.69) is 114 Å². The van der Waals surface area contributed by atoms with Crippen LogP contribution in [0.15, 0.2) is 120 Å². The first-order valence-electron chi connectivity index (χ1n) is 15.8. The Morgan fingerprint density at radius 2 is 1.14 bits per heavy atom. The lowest BCUT2D eigenvalue weighted by Crippen LogP contribution is -2.55. The number of hydrogen-bond donors (Lipinski definition) is 0. The minimum absolute atomic E-state index is 0.155. The summed E-state index contributed by atoms with van der Waals surface area (Å²) in [4.78, 5) is 2.45. The van der Waals surface area contributed by atoms with Gasteiger partial charge in [0.2, 0.25) is 0 Å². The molecule has 0 radical (unpaired) electrons. The largest absolute Gasteiger partial charge is 0.456 e. The van der Waals surface area contributed by atoms with Crippen molar-refractivity contribution >= 4 is 39.0 Å². The molecule has 0 unspecified atom stereocenters. The molecule has 2 nitrogen and oxygen atoms in total. The monoisotopic (exact) mass is 543 g/mol. The number of benzene rings is 5. The number of fused-ring (bicyclic) bond motifs is 6. The molecule has 0 amide bonds. The number of hydrogen-bond acceptors (Lipinski definition) is 2. The van der Waals surface area contributed by atoms with Crippen LogP contribution in [0.2, 0.25) is 0 Å². The zero-order chi connectivity index (χ0) is 27.4. The molecule has 204 valence electrons. The molecule has 0 aliphatic heterocycles. The fourth-order valence-electron chi connectivity index (χ4n) is 10.2. The van der Waals surface area contributed by atoms with Gasteiger partial charge in [0.15, 0.2) is 0 Å². The molecular weight excluding hydrogens is 510 g/mol. The Morgan fingerprint density at radius 1 is 0.500 bits per heavy atom. The minimum Gasteiger partial charge on any atom is -0.456 e. The zero-order valence-electron chi connectivity index (χ0n) is 23.7. The fraction of sp³-hybridized carbons (Fsp3) is 0.250. The molecule has 5 aliphatic rings. The molecule has 6 aromatic rings. The van der Waals surface area contributed by atoms with Crippen molar-refractivity contribution in [2.45, 2.75) is 37.5 Å². The Morgan fingerprint density at radius 3 is 1.98 bits per heavy atom. The van der Waals surface area contributed by atoms with E-state index in [4.69, 9.17) is 4.42 Å². The van der Waals surface area contributed by atoms with Crippen molar-refractivity contribution in [2.24, 2.45) is 23.7 Å². The van der Waals surface area contributed by atoms with Gasteiger partial charge in [-0.15, -0.1) is 0 Å². The molecule has 1 heterocycles. The van der Waals surface area contributed by atoms with Gasteiger partial charge in [0.1, 0.15) is 11.2 Å². The average molecular weight is 544 g/mol. The van der Waals surface area contributed by atoms with Crippen LogP contribution in [0.5, 0.6) is 0 Å². The third-order valence-electron chi connectivity index (χ3n) is 11.4. The summed E-state index contributed by atoms with van der Waals surface area (Å²) in [5.74, 6) is 3.39. The molecule has 4 saturated carbocycles. The quantitative estimate of drug-likeness (QED) is 0.221. The average Bonchev–Trinajstić information content (AvgIpc) is 3.54. The van der Waals surface area contributed by atoms with Crippen LogP contribution < -0.4 is 4.90 Å². The van der Waals surface area contributed by atoms with E-state index >= 15 is 0 Å². The van der Waals surface area contributed by atoms with E-state index in [1.165, 1.54) is 60.0 Å². The van der Waals surface area contributed by atoms with E-state index in [9.17, 15) is 0 Å². The van der Waals surface area contributed by atoms with Gasteiger partial charge in [0.25, 0.3) is 0 Å². The predicted octanol–water partition coefficient (Wildman–Crippen LogP) is 10.8. The van der Waals surface area contributed by atoms with Crippen molar-refractivity contribution in [1.82, 2.24) is 0 Å². The van der Waals surface area contributed by atoms with Crippen LogP contribution in [0.3, 0.4) is 0 Å². The highest BCUT2D eigenvalue weighted by Gasteiger charge is 2.61. The van der Waals surface area contributed by atoms with Crippen LogP contribution in [-0.4, -0.2) is 0 Å². The summed E-state index contributed by atoms with van der Waals surface area (Å²) in [5, 5.41) is 2.33. The molecule has 1 spiro atoms. The normalized spacial score (nSPS) is 26.7. The lowest BCUT2D eigenvalue weighted by atomic mass is 9.43. The molecule has 42 heavy (non-hydrogen) atoms. The van der Waals surface area contributed by atoms with Crippen LogP contribution in [0.1, 0.15) is 43.2 Å². The summed E-state index contributed by atoms with van der Waals surface area (Å²) in [6.07, 6.45) is 7.08. The van der Waals surface area contributed by atoms with Crippen LogP contribution in [0.4, 0.5) is 17.1 Å². The molecule has 4 fully saturated rings. The Hall–Kier alpha value is -4.30. The van der Waals surface area contributed by atoms with Crippen LogP contribution in [0.25, 0.3) is 33.1 Å². The first-order chi connectivity index (χ1) is 20.8. The standard InChI is InChI=1S/C40H33NO/c1-2-8-29(9-3-1)41(30-15-17-39-35(23-30)34-11-5-7-13-38(34)42-39)31-14-16-33-32-10-4-6-12-36(32)40(37(33)24-31)27-19-25-18-26(21-27)22-28(40)20-25/h1-17,23-28H,18-22H2. The first kappa shape index (κ1) is 23.3. The lowest BCUT2D eigenvalue weighted by molar-refractivity contribution is -0.0399. The van der Waals surface area contributed by atoms with Crippen molar-refractivity contribution in [3.8, 4) is 11.1 Å². The van der Waals surface area contributed by atoms with Crippen LogP contribution in [-0.2, 0) is 5.41 Å². The van der Waals surface area contributed by atoms with Crippen molar-refractivity contribution < 1.29 is 4.42 Å². The van der Waals surface area contributed by atoms with E-state index in [0.717, 1.165) is 45.9 Å². The van der Waals surface area contributed by atoms with E-state index in [0.29, 0.717) is 0 Å². The van der Waals surface area contributed by atoms with Gasteiger partial charge in [-0.3, -0.25) is 0 Å². The number of furan rings is 1. The second kappa shape index (κ2) is 8.38. The van der Waals surface area contributed by atoms with Crippen molar-refractivity contribution in [3.63, 3.8) is 0 Å². The van der Waals surface area contributed by atoms with Gasteiger partial charge in [-0.25, -0.2) is 0 Å². The summed E-state index contributed by atoms with van der Waals surface area (Å²) in [5.41, 5.74) is 11.8. The van der Waals surface area contributed by atoms with E-state index < -0.39 is 0 Å². The topological polar surface area (TPSA) is 16.4 Å². The maximum atomic E-state index is 6.21. The summed E-state index contributed by atoms with van der Waals surface area (Å²) in [6.45, 7) is 0. The van der Waals surface area contributed by atoms with E-state index in [1.807, 2.05) is 6.07 Å². The maximum Gasteiger partial charge on any atom is 0.135 e. The van der Waals surface area contributed by atoms with Gasteiger partial charge in [-0.1, -0.05) is 66.7 Å². The van der Waals surface area contributed by atoms with Gasteiger partial charge in [0, 0.05) is 33.2 Å². The molecule has 0 atom stereocenters. The molecular formula is C40H33NO. The minimum atomic E-state index is 0.155. The number of rotatable bonds is 3. The third-order valence-corrected chi connectivity index (χ3v) is 11.4. The highest BCUT2D eigenvalue weighted by molar-refractivity contribution is 6.06. The molecule has 1 aromatic heterocycles. The second-order valence-corrected chi connectivity index (χ2v) is 13.4.